The quantitative estimate of drug-likeness (QED) is 0.641. The molecule has 1 aromatic carbocycles. The summed E-state index contributed by atoms with van der Waals surface area (Å²) in [4.78, 5) is 0. The van der Waals surface area contributed by atoms with E-state index in [1.54, 1.807) is 0 Å². The maximum atomic E-state index is 3.40. The fourth-order valence-electron chi connectivity index (χ4n) is 1.28. The second-order valence-electron chi connectivity index (χ2n) is 3.33. The van der Waals surface area contributed by atoms with Gasteiger partial charge in [-0.15, -0.1) is 0 Å². The largest absolute Gasteiger partial charge is 0.318 e. The fraction of sp³-hybridized carbons (Fsp3) is 0.455. The zero-order chi connectivity index (χ0) is 10.4. The Kier molecular flexibility index (Phi) is 5.44. The number of halogens is 1. The predicted molar refractivity (Wildman–Crippen MR) is 69.5 cm³/mol. The van der Waals surface area contributed by atoms with Crippen LogP contribution in [0, 0.1) is 10.5 Å². The maximum Gasteiger partial charge on any atom is 0.0216 e. The summed E-state index contributed by atoms with van der Waals surface area (Å²) in [6, 6.07) is 6.45. The summed E-state index contributed by atoms with van der Waals surface area (Å²) in [6.07, 6.45) is 0. The van der Waals surface area contributed by atoms with Crippen LogP contribution in [0.5, 0.6) is 0 Å². The minimum Gasteiger partial charge on any atom is -0.318 e. The summed E-state index contributed by atoms with van der Waals surface area (Å²) in [5.41, 5.74) is 2.75. The van der Waals surface area contributed by atoms with Gasteiger partial charge in [-0.25, -0.2) is 0 Å². The molecule has 2 N–H and O–H groups in total. The van der Waals surface area contributed by atoms with E-state index in [4.69, 9.17) is 0 Å². The number of hydrogen-bond donors (Lipinski definition) is 2. The van der Waals surface area contributed by atoms with Crippen molar-refractivity contribution in [3.05, 3.63) is 32.9 Å². The van der Waals surface area contributed by atoms with Crippen molar-refractivity contribution in [1.29, 1.82) is 0 Å². The van der Waals surface area contributed by atoms with Crippen LogP contribution in [0.4, 0.5) is 0 Å². The average Bonchev–Trinajstić information content (AvgIpc) is 2.19. The first-order chi connectivity index (χ1) is 6.75. The normalized spacial score (nSPS) is 10.5. The molecule has 0 unspecified atom stereocenters. The Morgan fingerprint density at radius 1 is 1.29 bits per heavy atom. The highest BCUT2D eigenvalue weighted by Gasteiger charge is 2.00. The molecule has 0 aliphatic heterocycles. The van der Waals surface area contributed by atoms with Crippen molar-refractivity contribution in [2.75, 3.05) is 20.1 Å². The van der Waals surface area contributed by atoms with Crippen LogP contribution in [0.15, 0.2) is 18.2 Å². The van der Waals surface area contributed by atoms with Crippen molar-refractivity contribution >= 4 is 22.6 Å². The smallest absolute Gasteiger partial charge is 0.0216 e. The molecule has 1 rings (SSSR count). The van der Waals surface area contributed by atoms with Gasteiger partial charge in [0.15, 0.2) is 0 Å². The summed E-state index contributed by atoms with van der Waals surface area (Å²) in [7, 11) is 1.97. The number of rotatable bonds is 5. The zero-order valence-electron chi connectivity index (χ0n) is 8.73. The summed E-state index contributed by atoms with van der Waals surface area (Å²) in [5.74, 6) is 0. The van der Waals surface area contributed by atoms with Gasteiger partial charge in [-0.2, -0.15) is 0 Å². The van der Waals surface area contributed by atoms with E-state index in [-0.39, 0.29) is 0 Å². The van der Waals surface area contributed by atoms with E-state index in [1.165, 1.54) is 14.7 Å². The number of benzene rings is 1. The van der Waals surface area contributed by atoms with Gasteiger partial charge in [0.2, 0.25) is 0 Å². The van der Waals surface area contributed by atoms with E-state index in [9.17, 15) is 0 Å². The molecule has 14 heavy (non-hydrogen) atoms. The van der Waals surface area contributed by atoms with Crippen LogP contribution in [0.25, 0.3) is 0 Å². The van der Waals surface area contributed by atoms with Crippen molar-refractivity contribution in [1.82, 2.24) is 10.6 Å². The van der Waals surface area contributed by atoms with Gasteiger partial charge in [0, 0.05) is 23.2 Å². The molecule has 1 aromatic rings. The highest BCUT2D eigenvalue weighted by Crippen LogP contribution is 2.16. The van der Waals surface area contributed by atoms with Crippen molar-refractivity contribution in [2.24, 2.45) is 0 Å². The lowest BCUT2D eigenvalue weighted by Gasteiger charge is -2.08. The standard InChI is InChI=1S/C11H17IN2/c1-9-4-3-5-10(11(9)12)8-14-7-6-13-2/h3-5,13-14H,6-8H2,1-2H3. The minimum atomic E-state index is 0.960. The SMILES string of the molecule is CNCCNCc1cccc(C)c1I. The fourth-order valence-corrected chi connectivity index (χ4v) is 1.83. The van der Waals surface area contributed by atoms with Crippen LogP contribution in [0.1, 0.15) is 11.1 Å². The van der Waals surface area contributed by atoms with Crippen LogP contribution in [-0.4, -0.2) is 20.1 Å². The van der Waals surface area contributed by atoms with Crippen LogP contribution in [0.2, 0.25) is 0 Å². The Labute approximate surface area is 99.6 Å². The van der Waals surface area contributed by atoms with E-state index in [0.29, 0.717) is 0 Å². The average molecular weight is 304 g/mol. The highest BCUT2D eigenvalue weighted by atomic mass is 127. The van der Waals surface area contributed by atoms with Gasteiger partial charge in [-0.1, -0.05) is 18.2 Å². The molecule has 0 bridgehead atoms. The number of hydrogen-bond acceptors (Lipinski definition) is 2. The van der Waals surface area contributed by atoms with E-state index >= 15 is 0 Å². The molecule has 0 radical (unpaired) electrons. The molecule has 0 spiro atoms. The lowest BCUT2D eigenvalue weighted by molar-refractivity contribution is 0.649. The topological polar surface area (TPSA) is 24.1 Å². The van der Waals surface area contributed by atoms with Crippen molar-refractivity contribution in [2.45, 2.75) is 13.5 Å². The van der Waals surface area contributed by atoms with Crippen molar-refractivity contribution < 1.29 is 0 Å². The molecule has 78 valence electrons. The van der Waals surface area contributed by atoms with E-state index in [2.05, 4.69) is 58.3 Å². The predicted octanol–water partition coefficient (Wildman–Crippen LogP) is 1.91. The molecule has 0 saturated heterocycles. The third kappa shape index (κ3) is 3.55. The van der Waals surface area contributed by atoms with Crippen LogP contribution in [0.3, 0.4) is 0 Å². The van der Waals surface area contributed by atoms with E-state index in [0.717, 1.165) is 19.6 Å². The first-order valence-corrected chi connectivity index (χ1v) is 5.93. The van der Waals surface area contributed by atoms with Gasteiger partial charge in [-0.05, 0) is 47.7 Å². The van der Waals surface area contributed by atoms with Gasteiger partial charge in [0.25, 0.3) is 0 Å². The first kappa shape index (κ1) is 11.9. The maximum absolute atomic E-state index is 3.40. The Balaban J connectivity index is 2.46. The van der Waals surface area contributed by atoms with E-state index < -0.39 is 0 Å². The molecule has 0 aromatic heterocycles. The van der Waals surface area contributed by atoms with Gasteiger partial charge in [0.1, 0.15) is 0 Å². The van der Waals surface area contributed by atoms with Gasteiger partial charge < -0.3 is 10.6 Å². The number of nitrogens with one attached hydrogen (secondary N) is 2. The van der Waals surface area contributed by atoms with Crippen molar-refractivity contribution in [3.8, 4) is 0 Å². The molecule has 0 fully saturated rings. The molecule has 2 nitrogen and oxygen atoms in total. The second-order valence-corrected chi connectivity index (χ2v) is 4.41. The van der Waals surface area contributed by atoms with Crippen LogP contribution < -0.4 is 10.6 Å². The van der Waals surface area contributed by atoms with Gasteiger partial charge >= 0.3 is 0 Å². The Morgan fingerprint density at radius 2 is 2.07 bits per heavy atom. The Bertz CT molecular complexity index is 287. The monoisotopic (exact) mass is 304 g/mol. The molecule has 3 heteroatoms. The lowest BCUT2D eigenvalue weighted by atomic mass is 10.1. The molecule has 0 aliphatic carbocycles. The minimum absolute atomic E-state index is 0.960. The molecule has 0 amide bonds. The van der Waals surface area contributed by atoms with Crippen molar-refractivity contribution in [3.63, 3.8) is 0 Å². The molecule has 0 aliphatic rings. The number of aryl methyl sites for hydroxylation is 1. The van der Waals surface area contributed by atoms with Gasteiger partial charge in [-0.3, -0.25) is 0 Å². The third-order valence-electron chi connectivity index (χ3n) is 2.14. The molecular weight excluding hydrogens is 287 g/mol. The van der Waals surface area contributed by atoms with Crippen LogP contribution in [-0.2, 0) is 6.54 Å². The Morgan fingerprint density at radius 3 is 2.79 bits per heavy atom. The third-order valence-corrected chi connectivity index (χ3v) is 3.68. The number of likely N-dealkylation sites (N-methyl/N-ethyl adjacent to an activating group) is 1. The zero-order valence-corrected chi connectivity index (χ0v) is 10.9. The van der Waals surface area contributed by atoms with Gasteiger partial charge in [0.05, 0.1) is 0 Å². The molecule has 0 heterocycles. The summed E-state index contributed by atoms with van der Waals surface area (Å²) >= 11 is 2.41. The highest BCUT2D eigenvalue weighted by molar-refractivity contribution is 14.1. The van der Waals surface area contributed by atoms with Crippen LogP contribution >= 0.6 is 22.6 Å². The summed E-state index contributed by atoms with van der Waals surface area (Å²) < 4.78 is 1.38. The molecule has 0 atom stereocenters. The second kappa shape index (κ2) is 6.37. The molecular formula is C11H17IN2. The summed E-state index contributed by atoms with van der Waals surface area (Å²) in [6.45, 7) is 5.14. The van der Waals surface area contributed by atoms with E-state index in [1.807, 2.05) is 7.05 Å². The Hall–Kier alpha value is -0.130. The summed E-state index contributed by atoms with van der Waals surface area (Å²) in [5, 5.41) is 6.52. The first-order valence-electron chi connectivity index (χ1n) is 4.85. The lowest BCUT2D eigenvalue weighted by Crippen LogP contribution is -2.24. The molecule has 0 saturated carbocycles.